The summed E-state index contributed by atoms with van der Waals surface area (Å²) in [7, 11) is 2.21. The molecule has 2 aliphatic carbocycles. The number of rotatable bonds is 4. The van der Waals surface area contributed by atoms with Gasteiger partial charge in [0.2, 0.25) is 5.91 Å². The van der Waals surface area contributed by atoms with Crippen molar-refractivity contribution in [2.24, 2.45) is 29.6 Å². The number of hydrogen-bond acceptors (Lipinski definition) is 4. The van der Waals surface area contributed by atoms with Crippen LogP contribution in [0.2, 0.25) is 0 Å². The molecule has 4 rings (SSSR count). The van der Waals surface area contributed by atoms with Crippen LogP contribution in [0.3, 0.4) is 0 Å². The number of amides is 2. The molecule has 0 bridgehead atoms. The van der Waals surface area contributed by atoms with Gasteiger partial charge in [0.15, 0.2) is 0 Å². The second-order valence-corrected chi connectivity index (χ2v) is 13.8. The number of piperidine rings is 1. The van der Waals surface area contributed by atoms with Gasteiger partial charge < -0.3 is 19.9 Å². The minimum absolute atomic E-state index is 0.199. The minimum atomic E-state index is -0.452. The predicted octanol–water partition coefficient (Wildman–Crippen LogP) is 5.05. The van der Waals surface area contributed by atoms with Gasteiger partial charge in [-0.15, -0.1) is 0 Å². The van der Waals surface area contributed by atoms with E-state index in [9.17, 15) is 9.59 Å². The first kappa shape index (κ1) is 26.2. The smallest absolute Gasteiger partial charge is 0.407 e. The maximum atomic E-state index is 13.5. The second kappa shape index (κ2) is 11.1. The van der Waals surface area contributed by atoms with Crippen LogP contribution in [-0.2, 0) is 9.53 Å². The zero-order chi connectivity index (χ0) is 24.5. The SMILES string of the molecule is CN1CC(C(=O)N2CCC(C3CCCC(CNC(=O)OC(C)(C)C)C3)CC2)C2CCC(Br)CC21. The first-order chi connectivity index (χ1) is 16.1. The summed E-state index contributed by atoms with van der Waals surface area (Å²) in [6.07, 6.45) is 10.5. The van der Waals surface area contributed by atoms with Gasteiger partial charge in [-0.05, 0) is 96.4 Å². The number of alkyl carbamates (subject to hydrolysis) is 1. The molecule has 7 heteroatoms. The number of nitrogens with zero attached hydrogens (tertiary/aromatic N) is 2. The van der Waals surface area contributed by atoms with Crippen LogP contribution in [0.25, 0.3) is 0 Å². The van der Waals surface area contributed by atoms with Gasteiger partial charge >= 0.3 is 6.09 Å². The fraction of sp³-hybridized carbons (Fsp3) is 0.926. The maximum absolute atomic E-state index is 13.5. The number of halogens is 1. The number of hydrogen-bond donors (Lipinski definition) is 1. The molecule has 2 aliphatic heterocycles. The van der Waals surface area contributed by atoms with Crippen molar-refractivity contribution in [1.82, 2.24) is 15.1 Å². The van der Waals surface area contributed by atoms with Gasteiger partial charge in [-0.2, -0.15) is 0 Å². The van der Waals surface area contributed by atoms with Gasteiger partial charge in [0, 0.05) is 37.0 Å². The quantitative estimate of drug-likeness (QED) is 0.507. The lowest BCUT2D eigenvalue weighted by atomic mass is 9.72. The molecule has 0 radical (unpaired) electrons. The molecule has 0 aromatic carbocycles. The van der Waals surface area contributed by atoms with Gasteiger partial charge in [-0.3, -0.25) is 4.79 Å². The van der Waals surface area contributed by atoms with Gasteiger partial charge in [-0.1, -0.05) is 28.8 Å². The van der Waals surface area contributed by atoms with Crippen molar-refractivity contribution >= 4 is 27.9 Å². The number of nitrogens with one attached hydrogen (secondary N) is 1. The number of carbonyl (C=O) groups excluding carboxylic acids is 2. The van der Waals surface area contributed by atoms with E-state index in [-0.39, 0.29) is 12.0 Å². The summed E-state index contributed by atoms with van der Waals surface area (Å²) in [5.74, 6) is 3.16. The summed E-state index contributed by atoms with van der Waals surface area (Å²) in [6.45, 7) is 9.21. The minimum Gasteiger partial charge on any atom is -0.444 e. The summed E-state index contributed by atoms with van der Waals surface area (Å²) < 4.78 is 5.40. The third-order valence-electron chi connectivity index (χ3n) is 8.96. The Hall–Kier alpha value is -0.820. The number of likely N-dealkylation sites (tertiary alicyclic amines) is 2. The highest BCUT2D eigenvalue weighted by Gasteiger charge is 2.47. The Kier molecular flexibility index (Phi) is 8.54. The third-order valence-corrected chi connectivity index (χ3v) is 9.80. The van der Waals surface area contributed by atoms with Crippen molar-refractivity contribution < 1.29 is 14.3 Å². The van der Waals surface area contributed by atoms with E-state index in [0.29, 0.717) is 28.6 Å². The Morgan fingerprint density at radius 2 is 1.74 bits per heavy atom. The van der Waals surface area contributed by atoms with Gasteiger partial charge in [0.05, 0.1) is 5.92 Å². The lowest BCUT2D eigenvalue weighted by Crippen LogP contribution is -2.46. The molecule has 2 saturated carbocycles. The molecule has 2 heterocycles. The molecule has 6 unspecified atom stereocenters. The predicted molar refractivity (Wildman–Crippen MR) is 139 cm³/mol. The van der Waals surface area contributed by atoms with E-state index in [0.717, 1.165) is 50.9 Å². The number of carbonyl (C=O) groups is 2. The monoisotopic (exact) mass is 539 g/mol. The lowest BCUT2D eigenvalue weighted by Gasteiger charge is -2.41. The fourth-order valence-electron chi connectivity index (χ4n) is 7.25. The molecule has 1 N–H and O–H groups in total. The number of alkyl halides is 1. The molecule has 4 fully saturated rings. The summed E-state index contributed by atoms with van der Waals surface area (Å²) in [5, 5.41) is 2.99. The summed E-state index contributed by atoms with van der Waals surface area (Å²) in [4.78, 5) is 30.8. The Bertz CT molecular complexity index is 718. The average molecular weight is 541 g/mol. The van der Waals surface area contributed by atoms with Gasteiger partial charge in [0.25, 0.3) is 0 Å². The van der Waals surface area contributed by atoms with Crippen molar-refractivity contribution in [2.75, 3.05) is 33.2 Å². The van der Waals surface area contributed by atoms with E-state index in [1.807, 2.05) is 20.8 Å². The van der Waals surface area contributed by atoms with E-state index in [4.69, 9.17) is 4.74 Å². The van der Waals surface area contributed by atoms with E-state index >= 15 is 0 Å². The van der Waals surface area contributed by atoms with Crippen molar-refractivity contribution in [1.29, 1.82) is 0 Å². The molecule has 34 heavy (non-hydrogen) atoms. The molecular weight excluding hydrogens is 494 g/mol. The van der Waals surface area contributed by atoms with Gasteiger partial charge in [-0.25, -0.2) is 4.79 Å². The molecule has 194 valence electrons. The molecule has 2 amide bonds. The first-order valence-electron chi connectivity index (χ1n) is 13.7. The molecule has 2 saturated heterocycles. The molecule has 0 spiro atoms. The summed E-state index contributed by atoms with van der Waals surface area (Å²) in [6, 6.07) is 0.568. The number of fused-ring (bicyclic) bond motifs is 1. The Balaban J connectivity index is 1.23. The molecule has 6 atom stereocenters. The topological polar surface area (TPSA) is 61.9 Å². The molecule has 0 aromatic heterocycles. The van der Waals surface area contributed by atoms with Crippen LogP contribution in [0.4, 0.5) is 4.79 Å². The molecule has 6 nitrogen and oxygen atoms in total. The van der Waals surface area contributed by atoms with Crippen LogP contribution >= 0.6 is 15.9 Å². The van der Waals surface area contributed by atoms with E-state index < -0.39 is 5.60 Å². The van der Waals surface area contributed by atoms with Crippen molar-refractivity contribution in [3.63, 3.8) is 0 Å². The lowest BCUT2D eigenvalue weighted by molar-refractivity contribution is -0.138. The largest absolute Gasteiger partial charge is 0.444 e. The molecule has 0 aromatic rings. The van der Waals surface area contributed by atoms with Crippen LogP contribution < -0.4 is 5.32 Å². The highest BCUT2D eigenvalue weighted by molar-refractivity contribution is 9.09. The van der Waals surface area contributed by atoms with Crippen LogP contribution in [-0.4, -0.2) is 71.5 Å². The second-order valence-electron chi connectivity index (χ2n) is 12.5. The Morgan fingerprint density at radius 1 is 1.00 bits per heavy atom. The van der Waals surface area contributed by atoms with E-state index in [1.165, 1.54) is 44.9 Å². The summed E-state index contributed by atoms with van der Waals surface area (Å²) >= 11 is 3.81. The van der Waals surface area contributed by atoms with Crippen molar-refractivity contribution in [3.8, 4) is 0 Å². The average Bonchev–Trinajstić information content (AvgIpc) is 3.12. The van der Waals surface area contributed by atoms with E-state index in [1.54, 1.807) is 0 Å². The molecule has 4 aliphatic rings. The summed E-state index contributed by atoms with van der Waals surface area (Å²) in [5.41, 5.74) is -0.452. The molecular formula is C27H46BrN3O3. The number of ether oxygens (including phenoxy) is 1. The zero-order valence-electron chi connectivity index (χ0n) is 21.7. The van der Waals surface area contributed by atoms with Crippen LogP contribution in [0.15, 0.2) is 0 Å². The highest BCUT2D eigenvalue weighted by atomic mass is 79.9. The van der Waals surface area contributed by atoms with Crippen molar-refractivity contribution in [3.05, 3.63) is 0 Å². The van der Waals surface area contributed by atoms with E-state index in [2.05, 4.69) is 38.1 Å². The van der Waals surface area contributed by atoms with Crippen molar-refractivity contribution in [2.45, 2.75) is 95.0 Å². The highest BCUT2D eigenvalue weighted by Crippen LogP contribution is 2.43. The third kappa shape index (κ3) is 6.48. The van der Waals surface area contributed by atoms with Crippen LogP contribution in [0.5, 0.6) is 0 Å². The fourth-order valence-corrected chi connectivity index (χ4v) is 7.90. The van der Waals surface area contributed by atoms with Crippen LogP contribution in [0.1, 0.15) is 78.6 Å². The zero-order valence-corrected chi connectivity index (χ0v) is 23.3. The Labute approximate surface area is 215 Å². The standard InChI is InChI=1S/C27H46BrN3O3/c1-27(2,3)34-26(33)29-16-18-6-5-7-20(14-18)19-10-12-31(13-11-19)25(32)23-17-30(4)24-15-21(28)8-9-22(23)24/h18-24H,5-17H2,1-4H3,(H,29,33). The Morgan fingerprint density at radius 3 is 2.44 bits per heavy atom. The first-order valence-corrected chi connectivity index (χ1v) is 14.6. The van der Waals surface area contributed by atoms with Gasteiger partial charge in [0.1, 0.15) is 5.60 Å². The maximum Gasteiger partial charge on any atom is 0.407 e. The normalized spacial score (nSPS) is 35.6. The van der Waals surface area contributed by atoms with Crippen LogP contribution in [0, 0.1) is 29.6 Å².